The number of rotatable bonds is 21. The van der Waals surface area contributed by atoms with Crippen molar-refractivity contribution in [2.24, 2.45) is 17.8 Å². The molecule has 67 heavy (non-hydrogen) atoms. The summed E-state index contributed by atoms with van der Waals surface area (Å²) in [5.74, 6) is -4.33. The molecule has 0 saturated carbocycles. The molecule has 3 saturated heterocycles. The van der Waals surface area contributed by atoms with Crippen molar-refractivity contribution in [3.8, 4) is 11.5 Å². The average molecular weight is 948 g/mol. The molecule has 4 unspecified atom stereocenters. The number of ether oxygens (including phenoxy) is 11. The number of benzene rings is 3. The summed E-state index contributed by atoms with van der Waals surface area (Å²) < 4.78 is 79.9. The first-order valence-electron chi connectivity index (χ1n) is 22.9. The molecule has 12 atom stereocenters. The standard InChI is InChI=1S/C48H64B2NO15P/c1-9-30(2)40-43(67-50-49-55)32(4)41(62-33(5)52)44(64-40)63-39-31(3)24-48(45(53)56-8,66-42(39)38-27-60-47(6,7)65-38)61-29-59-37-23-17-16-22-36(37)58-28-51(25-34-18-12-10-13-19-34)46(54)57-26-35-20-14-11-15-21-35/h10-23,30-32,38-44,50,67H,9,24-29H2,1-8H3/t30-,31+,32+,38+,39+,40?,41?,42?,43-,44-,48+/m0/s1. The molecule has 0 spiro atoms. The van der Waals surface area contributed by atoms with Gasteiger partial charge in [-0.05, 0) is 37.1 Å². The van der Waals surface area contributed by atoms with Gasteiger partial charge in [-0.3, -0.25) is 4.90 Å². The van der Waals surface area contributed by atoms with Crippen LogP contribution in [0, 0.1) is 17.8 Å². The first-order valence-corrected chi connectivity index (χ1v) is 24.2. The van der Waals surface area contributed by atoms with Crippen LogP contribution in [0.4, 0.5) is 4.79 Å². The van der Waals surface area contributed by atoms with E-state index >= 15 is 0 Å². The summed E-state index contributed by atoms with van der Waals surface area (Å²) in [6.45, 7) is 13.1. The number of para-hydroxylation sites is 2. The zero-order valence-electron chi connectivity index (χ0n) is 39.7. The number of nitrogens with zero attached hydrogens (tertiary/aromatic N) is 1. The fourth-order valence-electron chi connectivity index (χ4n) is 8.71. The van der Waals surface area contributed by atoms with Crippen molar-refractivity contribution in [2.75, 3.05) is 27.2 Å². The maximum atomic E-state index is 13.9. The van der Waals surface area contributed by atoms with Crippen LogP contribution in [0.5, 0.6) is 11.5 Å². The van der Waals surface area contributed by atoms with Gasteiger partial charge in [0.1, 0.15) is 6.61 Å². The third-order valence-corrected chi connectivity index (χ3v) is 14.1. The van der Waals surface area contributed by atoms with Gasteiger partial charge in [0.05, 0.1) is 13.7 Å². The second-order valence-electron chi connectivity index (χ2n) is 17.7. The fourth-order valence-corrected chi connectivity index (χ4v) is 10.3. The first-order chi connectivity index (χ1) is 32.2. The molecule has 3 aromatic rings. The van der Waals surface area contributed by atoms with E-state index in [0.29, 0.717) is 12.6 Å². The maximum absolute atomic E-state index is 13.9. The molecule has 3 aromatic carbocycles. The summed E-state index contributed by atoms with van der Waals surface area (Å²) in [6.07, 6.45) is -4.46. The van der Waals surface area contributed by atoms with Gasteiger partial charge >= 0.3 is 209 Å². The van der Waals surface area contributed by atoms with E-state index < -0.39 is 73.0 Å². The van der Waals surface area contributed by atoms with Crippen LogP contribution in [-0.4, -0.2) is 118 Å². The Morgan fingerprint density at radius 3 is 2.19 bits per heavy atom. The van der Waals surface area contributed by atoms with E-state index in [1.165, 1.54) is 18.9 Å². The Kier molecular flexibility index (Phi) is 18.8. The third kappa shape index (κ3) is 13.6. The molecule has 3 aliphatic heterocycles. The van der Waals surface area contributed by atoms with Crippen molar-refractivity contribution in [3.05, 3.63) is 96.1 Å². The number of hydrogen-bond donors (Lipinski definition) is 0. The SMILES string of the molecule is CC[C@H](C)C1O[C@H](O[C@H]2C([C@H]3COC(C)(C)O3)O[C@@](OCOc3ccccc3OCN(Cc3ccccc3)C(=O)OCc3ccccc3)(C(=O)OC)C[C@H]2C)C(OC(C)=O)[C@@H](C)[C@@H]1PBB=O. The number of hydrogen-bond acceptors (Lipinski definition) is 15. The molecular weight excluding hydrogens is 883 g/mol. The van der Waals surface area contributed by atoms with Crippen LogP contribution in [0.1, 0.15) is 72.4 Å². The predicted octanol–water partition coefficient (Wildman–Crippen LogP) is 6.75. The summed E-state index contributed by atoms with van der Waals surface area (Å²) in [4.78, 5) is 41.4. The quantitative estimate of drug-likeness (QED) is 0.0361. The second kappa shape index (κ2) is 24.2. The second-order valence-corrected chi connectivity index (χ2v) is 19.2. The van der Waals surface area contributed by atoms with Crippen LogP contribution < -0.4 is 9.47 Å². The zero-order chi connectivity index (χ0) is 48.1. The molecule has 3 heterocycles. The number of amides is 1. The van der Waals surface area contributed by atoms with E-state index in [0.717, 1.165) is 24.6 Å². The van der Waals surface area contributed by atoms with Crippen LogP contribution in [0.15, 0.2) is 84.9 Å². The number of methoxy groups -OCH3 is 1. The Bertz CT molecular complexity index is 2070. The average Bonchev–Trinajstić information content (AvgIpc) is 3.70. The van der Waals surface area contributed by atoms with Crippen molar-refractivity contribution < 1.29 is 71.2 Å². The van der Waals surface area contributed by atoms with Crippen molar-refractivity contribution in [3.63, 3.8) is 0 Å². The van der Waals surface area contributed by atoms with Gasteiger partial charge in [0.2, 0.25) is 0 Å². The van der Waals surface area contributed by atoms with E-state index in [-0.39, 0.29) is 70.7 Å². The Labute approximate surface area is 396 Å². The van der Waals surface area contributed by atoms with Gasteiger partial charge in [0, 0.05) is 0 Å². The molecule has 1 amide bonds. The minimum absolute atomic E-state index is 0.0442. The predicted molar refractivity (Wildman–Crippen MR) is 249 cm³/mol. The Hall–Kier alpha value is -4.41. The van der Waals surface area contributed by atoms with Gasteiger partial charge < -0.3 is 18.9 Å². The van der Waals surface area contributed by atoms with Gasteiger partial charge in [-0.25, -0.2) is 9.59 Å². The van der Waals surface area contributed by atoms with Gasteiger partial charge in [-0.1, -0.05) is 72.8 Å². The molecule has 0 radical (unpaired) electrons. The molecule has 3 aliphatic rings. The molecule has 3 fully saturated rings. The van der Waals surface area contributed by atoms with E-state index in [1.54, 1.807) is 38.1 Å². The van der Waals surface area contributed by atoms with Crippen LogP contribution in [0.25, 0.3) is 0 Å². The topological polar surface area (TPSA) is 173 Å². The molecule has 0 N–H and O–H groups in total. The summed E-state index contributed by atoms with van der Waals surface area (Å²) >= 11 is 0. The molecule has 19 heteroatoms. The van der Waals surface area contributed by atoms with Crippen molar-refractivity contribution in [1.29, 1.82) is 0 Å². The van der Waals surface area contributed by atoms with Crippen LogP contribution >= 0.6 is 8.46 Å². The normalized spacial score (nSPS) is 28.4. The van der Waals surface area contributed by atoms with Gasteiger partial charge in [-0.2, -0.15) is 0 Å². The Balaban J connectivity index is 1.20. The Morgan fingerprint density at radius 2 is 1.58 bits per heavy atom. The van der Waals surface area contributed by atoms with E-state index in [1.807, 2.05) is 74.5 Å². The number of esters is 2. The first kappa shape index (κ1) is 52.0. The van der Waals surface area contributed by atoms with E-state index in [9.17, 15) is 19.1 Å². The fraction of sp³-hybridized carbons (Fsp3) is 0.562. The van der Waals surface area contributed by atoms with Gasteiger partial charge in [0.15, 0.2) is 25.0 Å². The zero-order valence-corrected chi connectivity index (χ0v) is 40.7. The molecule has 6 rings (SSSR count). The van der Waals surface area contributed by atoms with E-state index in [4.69, 9.17) is 52.1 Å². The molecule has 362 valence electrons. The van der Waals surface area contributed by atoms with Crippen LogP contribution in [-0.2, 0) is 70.1 Å². The molecule has 0 aromatic heterocycles. The molecular formula is C48H64B2NO15P. The molecule has 0 bridgehead atoms. The molecule has 0 aliphatic carbocycles. The van der Waals surface area contributed by atoms with Crippen LogP contribution in [0.2, 0.25) is 0 Å². The Morgan fingerprint density at radius 1 is 0.925 bits per heavy atom. The number of carbonyl (C=O) groups is 3. The molecule has 16 nitrogen and oxygen atoms in total. The minimum atomic E-state index is -2.00. The van der Waals surface area contributed by atoms with Crippen molar-refractivity contribution in [2.45, 2.75) is 129 Å². The summed E-state index contributed by atoms with van der Waals surface area (Å²) in [7, 11) is 2.41. The van der Waals surface area contributed by atoms with Crippen molar-refractivity contribution in [1.82, 2.24) is 4.90 Å². The van der Waals surface area contributed by atoms with Gasteiger partial charge in [0.25, 0.3) is 0 Å². The monoisotopic (exact) mass is 947 g/mol. The van der Waals surface area contributed by atoms with Crippen molar-refractivity contribution >= 4 is 40.4 Å². The summed E-state index contributed by atoms with van der Waals surface area (Å²) in [5, 5.41) is 0. The van der Waals surface area contributed by atoms with Crippen LogP contribution in [0.3, 0.4) is 0 Å². The van der Waals surface area contributed by atoms with Gasteiger partial charge in [-0.15, -0.1) is 0 Å². The third-order valence-electron chi connectivity index (χ3n) is 12.3. The summed E-state index contributed by atoms with van der Waals surface area (Å²) in [6, 6.07) is 25.7. The van der Waals surface area contributed by atoms with E-state index in [2.05, 4.69) is 13.8 Å². The summed E-state index contributed by atoms with van der Waals surface area (Å²) in [5.41, 5.74) is 1.66. The number of carbonyl (C=O) groups excluding carboxylic acids is 3.